The van der Waals surface area contributed by atoms with E-state index in [-0.39, 0.29) is 28.4 Å². The largest absolute Gasteiger partial charge is 0.443 e. The molecule has 3 amide bonds. The second kappa shape index (κ2) is 13.1. The van der Waals surface area contributed by atoms with E-state index >= 15 is 4.39 Å². The van der Waals surface area contributed by atoms with Gasteiger partial charge in [0.05, 0.1) is 27.8 Å². The van der Waals surface area contributed by atoms with E-state index in [1.54, 1.807) is 20.8 Å². The molecule has 1 fully saturated rings. The van der Waals surface area contributed by atoms with Gasteiger partial charge < -0.3 is 15.4 Å². The summed E-state index contributed by atoms with van der Waals surface area (Å²) in [5.74, 6) is -8.08. The predicted molar refractivity (Wildman–Crippen MR) is 166 cm³/mol. The quantitative estimate of drug-likeness (QED) is 0.188. The van der Waals surface area contributed by atoms with Crippen molar-refractivity contribution in [2.45, 2.75) is 49.7 Å². The van der Waals surface area contributed by atoms with Crippen molar-refractivity contribution >= 4 is 69.8 Å². The van der Waals surface area contributed by atoms with Crippen molar-refractivity contribution in [2.24, 2.45) is 5.92 Å². The lowest BCUT2D eigenvalue weighted by Gasteiger charge is -2.27. The van der Waals surface area contributed by atoms with Crippen LogP contribution in [0.1, 0.15) is 55.1 Å². The maximum Gasteiger partial charge on any atom is 0.419 e. The van der Waals surface area contributed by atoms with Gasteiger partial charge in [0.2, 0.25) is 5.91 Å². The molecule has 16 heteroatoms. The first-order valence-corrected chi connectivity index (χ1v) is 15.0. The molecule has 3 aromatic carbocycles. The Hall–Kier alpha value is -3.68. The Kier molecular flexibility index (Phi) is 10.1. The number of ether oxygens (including phenoxy) is 1. The monoisotopic (exact) mass is 723 g/mol. The van der Waals surface area contributed by atoms with Crippen LogP contribution in [0.5, 0.6) is 0 Å². The van der Waals surface area contributed by atoms with E-state index in [2.05, 4.69) is 10.6 Å². The lowest BCUT2D eigenvalue weighted by atomic mass is 10.0. The maximum absolute atomic E-state index is 15.5. The number of carbonyl (C=O) groups is 3. The number of rotatable bonds is 7. The zero-order valence-electron chi connectivity index (χ0n) is 25.0. The zero-order chi connectivity index (χ0) is 35.2. The van der Waals surface area contributed by atoms with Gasteiger partial charge in [-0.05, 0) is 75.7 Å². The van der Waals surface area contributed by atoms with Crippen molar-refractivity contribution in [3.05, 3.63) is 87.7 Å². The smallest absolute Gasteiger partial charge is 0.419 e. The number of hydrogen-bond donors (Lipinski definition) is 2. The molecule has 1 aliphatic rings. The molecule has 0 unspecified atom stereocenters. The molecule has 0 heterocycles. The molecule has 252 valence electrons. The number of benzene rings is 3. The van der Waals surface area contributed by atoms with Gasteiger partial charge in [0, 0.05) is 18.2 Å². The molecule has 0 spiro atoms. The third kappa shape index (κ3) is 7.73. The van der Waals surface area contributed by atoms with Crippen LogP contribution in [0.2, 0.25) is 5.02 Å². The number of alkyl halides is 5. The first-order valence-electron chi connectivity index (χ1n) is 13.8. The van der Waals surface area contributed by atoms with Crippen LogP contribution in [-0.4, -0.2) is 34.4 Å². The molecule has 4 rings (SSSR count). The normalized spacial score (nSPS) is 17.1. The first-order chi connectivity index (χ1) is 21.7. The summed E-state index contributed by atoms with van der Waals surface area (Å²) >= 11 is 18.7. The van der Waals surface area contributed by atoms with Crippen molar-refractivity contribution in [1.29, 1.82) is 0 Å². The summed E-state index contributed by atoms with van der Waals surface area (Å²) in [5, 5.41) is 4.59. The molecule has 7 nitrogen and oxygen atoms in total. The number of halogens is 9. The molecule has 47 heavy (non-hydrogen) atoms. The van der Waals surface area contributed by atoms with E-state index in [9.17, 15) is 36.3 Å². The number of anilines is 3. The standard InChI is InChI=1S/C31H26Cl3F6N3O4/c1-5-43(28(46)47-29(2,3)4)25-20(36)10-11-21(24(25)37)42-26(44)16-13-15(7-8-18(16)32)41-27(45)23-22(30(23,33)34)14-6-9-19(35)17(12-14)31(38,39)40/h6-13,22-23H,5H2,1-4H3,(H,41,45)(H,42,44)/t22-,23+/m0/s1. The summed E-state index contributed by atoms with van der Waals surface area (Å²) in [7, 11) is 0. The van der Waals surface area contributed by atoms with Gasteiger partial charge in [0.15, 0.2) is 5.82 Å². The number of hydrogen-bond acceptors (Lipinski definition) is 4. The molecule has 0 saturated heterocycles. The Morgan fingerprint density at radius 3 is 2.17 bits per heavy atom. The Bertz CT molecular complexity index is 1750. The van der Waals surface area contributed by atoms with Gasteiger partial charge in [-0.1, -0.05) is 17.7 Å². The molecular formula is C31H26Cl3F6N3O4. The highest BCUT2D eigenvalue weighted by molar-refractivity contribution is 6.53. The van der Waals surface area contributed by atoms with Crippen LogP contribution >= 0.6 is 34.8 Å². The highest BCUT2D eigenvalue weighted by atomic mass is 35.5. The van der Waals surface area contributed by atoms with E-state index in [0.717, 1.165) is 29.2 Å². The lowest BCUT2D eigenvalue weighted by molar-refractivity contribution is -0.140. The minimum Gasteiger partial charge on any atom is -0.443 e. The molecule has 0 aliphatic heterocycles. The van der Waals surface area contributed by atoms with Crippen LogP contribution in [0.25, 0.3) is 0 Å². The number of amides is 3. The fourth-order valence-electron chi connectivity index (χ4n) is 4.79. The van der Waals surface area contributed by atoms with Crippen molar-refractivity contribution in [3.63, 3.8) is 0 Å². The van der Waals surface area contributed by atoms with Crippen LogP contribution < -0.4 is 15.5 Å². The summed E-state index contributed by atoms with van der Waals surface area (Å²) in [4.78, 5) is 39.6. The molecule has 1 aliphatic carbocycles. The Morgan fingerprint density at radius 1 is 0.936 bits per heavy atom. The molecule has 2 atom stereocenters. The van der Waals surface area contributed by atoms with E-state index < -0.39 is 80.2 Å². The highest BCUT2D eigenvalue weighted by Gasteiger charge is 2.67. The van der Waals surface area contributed by atoms with Crippen LogP contribution in [0, 0.1) is 23.4 Å². The average molecular weight is 725 g/mol. The number of carbonyl (C=O) groups excluding carboxylic acids is 3. The number of nitrogens with zero attached hydrogens (tertiary/aromatic N) is 1. The summed E-state index contributed by atoms with van der Waals surface area (Å²) < 4.78 is 87.2. The van der Waals surface area contributed by atoms with Crippen molar-refractivity contribution < 1.29 is 45.5 Å². The molecule has 0 aromatic heterocycles. The first kappa shape index (κ1) is 36.2. The molecule has 0 bridgehead atoms. The number of nitrogens with one attached hydrogen (secondary N) is 2. The Balaban J connectivity index is 1.55. The summed E-state index contributed by atoms with van der Waals surface area (Å²) in [6.07, 6.45) is -6.02. The average Bonchev–Trinajstić information content (AvgIpc) is 3.53. The fraction of sp³-hybridized carbons (Fsp3) is 0.323. The Labute approximate surface area is 280 Å². The lowest BCUT2D eigenvalue weighted by Crippen LogP contribution is -2.38. The van der Waals surface area contributed by atoms with E-state index in [1.165, 1.54) is 19.1 Å². The summed E-state index contributed by atoms with van der Waals surface area (Å²) in [6, 6.07) is 7.60. The molecular weight excluding hydrogens is 699 g/mol. The molecule has 2 N–H and O–H groups in total. The SMILES string of the molecule is CCN(C(=O)OC(C)(C)C)c1c(F)ccc(NC(=O)c2cc(NC(=O)[C@H]3[C@H](c4ccc(F)c(C(F)(F)F)c4)C3(Cl)Cl)ccc2Cl)c1F. The Morgan fingerprint density at radius 2 is 1.57 bits per heavy atom. The van der Waals surface area contributed by atoms with Gasteiger partial charge >= 0.3 is 12.3 Å². The van der Waals surface area contributed by atoms with Gasteiger partial charge in [-0.15, -0.1) is 23.2 Å². The van der Waals surface area contributed by atoms with E-state index in [4.69, 9.17) is 39.5 Å². The molecule has 0 radical (unpaired) electrons. The maximum atomic E-state index is 15.5. The van der Waals surface area contributed by atoms with E-state index in [0.29, 0.717) is 12.1 Å². The minimum absolute atomic E-state index is 0.0169. The third-order valence-corrected chi connectivity index (χ3v) is 8.25. The molecule has 1 saturated carbocycles. The molecule has 3 aromatic rings. The predicted octanol–water partition coefficient (Wildman–Crippen LogP) is 9.32. The second-order valence-electron chi connectivity index (χ2n) is 11.5. The van der Waals surface area contributed by atoms with Crippen molar-refractivity contribution in [3.8, 4) is 0 Å². The van der Waals surface area contributed by atoms with E-state index in [1.807, 2.05) is 0 Å². The van der Waals surface area contributed by atoms with Crippen LogP contribution in [-0.2, 0) is 15.7 Å². The van der Waals surface area contributed by atoms with Gasteiger partial charge in [-0.3, -0.25) is 14.5 Å². The van der Waals surface area contributed by atoms with Gasteiger partial charge in [-0.2, -0.15) is 13.2 Å². The van der Waals surface area contributed by atoms with Crippen molar-refractivity contribution in [1.82, 2.24) is 0 Å². The van der Waals surface area contributed by atoms with Gasteiger partial charge in [-0.25, -0.2) is 18.0 Å². The van der Waals surface area contributed by atoms with Crippen molar-refractivity contribution in [2.75, 3.05) is 22.1 Å². The van der Waals surface area contributed by atoms with Crippen LogP contribution in [0.3, 0.4) is 0 Å². The fourth-order valence-corrected chi connectivity index (χ4v) is 5.82. The topological polar surface area (TPSA) is 87.7 Å². The highest BCUT2D eigenvalue weighted by Crippen LogP contribution is 2.65. The summed E-state index contributed by atoms with van der Waals surface area (Å²) in [5.41, 5.74) is -4.18. The van der Waals surface area contributed by atoms with Crippen LogP contribution in [0.15, 0.2) is 48.5 Å². The second-order valence-corrected chi connectivity index (χ2v) is 13.3. The zero-order valence-corrected chi connectivity index (χ0v) is 27.2. The van der Waals surface area contributed by atoms with Gasteiger partial charge in [0.25, 0.3) is 5.91 Å². The minimum atomic E-state index is -5.00. The summed E-state index contributed by atoms with van der Waals surface area (Å²) in [6.45, 7) is 6.02. The third-order valence-electron chi connectivity index (χ3n) is 6.98. The van der Waals surface area contributed by atoms with Gasteiger partial charge in [0.1, 0.15) is 27.3 Å². The van der Waals surface area contributed by atoms with Crippen LogP contribution in [0.4, 0.5) is 48.2 Å².